The molecule has 7 heteroatoms. The number of amides is 1. The van der Waals surface area contributed by atoms with Crippen molar-refractivity contribution >= 4 is 5.91 Å². The van der Waals surface area contributed by atoms with Crippen LogP contribution in [-0.2, 0) is 19.6 Å². The highest BCUT2D eigenvalue weighted by atomic mass is 16.7. The quantitative estimate of drug-likeness (QED) is 0.576. The van der Waals surface area contributed by atoms with E-state index < -0.39 is 0 Å². The van der Waals surface area contributed by atoms with E-state index in [9.17, 15) is 4.79 Å². The van der Waals surface area contributed by atoms with Crippen molar-refractivity contribution in [3.63, 3.8) is 0 Å². The van der Waals surface area contributed by atoms with E-state index in [2.05, 4.69) is 47.2 Å². The monoisotopic (exact) mass is 433 g/mol. The summed E-state index contributed by atoms with van der Waals surface area (Å²) in [4.78, 5) is 19.0. The molecule has 0 unspecified atom stereocenters. The molecular formula is C25H27N3O4. The molecule has 1 amide bonds. The molecule has 32 heavy (non-hydrogen) atoms. The van der Waals surface area contributed by atoms with Crippen LogP contribution in [0.1, 0.15) is 51.5 Å². The van der Waals surface area contributed by atoms with Crippen LogP contribution in [0.3, 0.4) is 0 Å². The van der Waals surface area contributed by atoms with Crippen LogP contribution in [0.25, 0.3) is 0 Å². The maximum absolute atomic E-state index is 12.3. The minimum absolute atomic E-state index is 0.167. The average Bonchev–Trinajstić information content (AvgIpc) is 3.25. The first kappa shape index (κ1) is 20.6. The lowest BCUT2D eigenvalue weighted by Crippen LogP contribution is -2.26. The molecule has 1 fully saturated rings. The summed E-state index contributed by atoms with van der Waals surface area (Å²) >= 11 is 0. The minimum atomic E-state index is -0.167. The van der Waals surface area contributed by atoms with Crippen molar-refractivity contribution in [1.29, 1.82) is 0 Å². The topological polar surface area (TPSA) is 76.8 Å². The number of carbonyl (C=O) groups excluding carboxylic acids is 1. The van der Waals surface area contributed by atoms with Gasteiger partial charge >= 0.3 is 0 Å². The molecule has 7 nitrogen and oxygen atoms in total. The number of aryl methyl sites for hydroxylation is 2. The summed E-state index contributed by atoms with van der Waals surface area (Å²) in [6.45, 7) is 6.38. The number of ether oxygens (including phenoxy) is 2. The number of aromatic nitrogens is 1. The highest BCUT2D eigenvalue weighted by Gasteiger charge is 2.25. The molecule has 3 aromatic rings. The summed E-state index contributed by atoms with van der Waals surface area (Å²) in [5.41, 5.74) is 5.18. The standard InChI is InChI=1S/C25H27N3O4/c1-16-3-5-19(17(2)9-16)12-28(11-18-4-8-22-23(10-18)32-15-31-22)13-24-27-21(14-30-24)25(29)26-20-6-7-20/h3-5,8-10,14,20H,6-7,11-13,15H2,1-2H3,(H,26,29). The number of nitrogens with zero attached hydrogens (tertiary/aromatic N) is 2. The molecule has 2 heterocycles. The van der Waals surface area contributed by atoms with Crippen LogP contribution >= 0.6 is 0 Å². The number of rotatable bonds is 8. The lowest BCUT2D eigenvalue weighted by Gasteiger charge is -2.22. The van der Waals surface area contributed by atoms with Crippen molar-refractivity contribution in [3.05, 3.63) is 76.5 Å². The Labute approximate surface area is 187 Å². The zero-order valence-corrected chi connectivity index (χ0v) is 18.4. The number of hydrogen-bond donors (Lipinski definition) is 1. The molecule has 0 atom stereocenters. The molecule has 1 aliphatic heterocycles. The second-order valence-electron chi connectivity index (χ2n) is 8.64. The Morgan fingerprint density at radius 2 is 1.91 bits per heavy atom. The van der Waals surface area contributed by atoms with Gasteiger partial charge in [-0.25, -0.2) is 4.98 Å². The Kier molecular flexibility index (Phi) is 5.57. The molecular weight excluding hydrogens is 406 g/mol. The number of benzene rings is 2. The third kappa shape index (κ3) is 4.78. The average molecular weight is 434 g/mol. The third-order valence-corrected chi connectivity index (χ3v) is 5.79. The highest BCUT2D eigenvalue weighted by Crippen LogP contribution is 2.33. The lowest BCUT2D eigenvalue weighted by atomic mass is 10.0. The summed E-state index contributed by atoms with van der Waals surface area (Å²) in [5.74, 6) is 1.90. The smallest absolute Gasteiger partial charge is 0.273 e. The van der Waals surface area contributed by atoms with Gasteiger partial charge in [-0.05, 0) is 55.5 Å². The van der Waals surface area contributed by atoms with Gasteiger partial charge in [0.05, 0.1) is 6.54 Å². The van der Waals surface area contributed by atoms with Crippen LogP contribution in [-0.4, -0.2) is 28.6 Å². The van der Waals surface area contributed by atoms with Crippen LogP contribution in [0.2, 0.25) is 0 Å². The summed E-state index contributed by atoms with van der Waals surface area (Å²) in [5, 5.41) is 2.95. The van der Waals surface area contributed by atoms with E-state index in [0.29, 0.717) is 24.7 Å². The second kappa shape index (κ2) is 8.67. The predicted octanol–water partition coefficient (Wildman–Crippen LogP) is 4.11. The first-order chi connectivity index (χ1) is 15.5. The van der Waals surface area contributed by atoms with Crippen molar-refractivity contribution in [2.45, 2.75) is 52.4 Å². The van der Waals surface area contributed by atoms with Crippen LogP contribution in [0.5, 0.6) is 11.5 Å². The Morgan fingerprint density at radius 1 is 1.06 bits per heavy atom. The Balaban J connectivity index is 1.35. The van der Waals surface area contributed by atoms with Gasteiger partial charge in [-0.15, -0.1) is 0 Å². The SMILES string of the molecule is Cc1ccc(CN(Cc2ccc3c(c2)OCO3)Cc2nc(C(=O)NC3CC3)co2)c(C)c1. The van der Waals surface area contributed by atoms with Crippen LogP contribution in [0, 0.1) is 13.8 Å². The first-order valence-electron chi connectivity index (χ1n) is 11.0. The fourth-order valence-electron chi connectivity index (χ4n) is 3.90. The molecule has 166 valence electrons. The summed E-state index contributed by atoms with van der Waals surface area (Å²) in [7, 11) is 0. The zero-order chi connectivity index (χ0) is 22.1. The summed E-state index contributed by atoms with van der Waals surface area (Å²) in [6.07, 6.45) is 3.52. The molecule has 5 rings (SSSR count). The van der Waals surface area contributed by atoms with E-state index in [4.69, 9.17) is 13.9 Å². The van der Waals surface area contributed by atoms with E-state index in [1.807, 2.05) is 18.2 Å². The molecule has 1 N–H and O–H groups in total. The normalized spacial score (nSPS) is 14.7. The number of oxazole rings is 1. The number of hydrogen-bond acceptors (Lipinski definition) is 6. The lowest BCUT2D eigenvalue weighted by molar-refractivity contribution is 0.0946. The molecule has 1 saturated carbocycles. The van der Waals surface area contributed by atoms with Gasteiger partial charge in [0.25, 0.3) is 5.91 Å². The molecule has 2 aliphatic rings. The molecule has 0 saturated heterocycles. The van der Waals surface area contributed by atoms with Crippen molar-refractivity contribution in [2.75, 3.05) is 6.79 Å². The van der Waals surface area contributed by atoms with Gasteiger partial charge in [-0.3, -0.25) is 9.69 Å². The van der Waals surface area contributed by atoms with Gasteiger partial charge in [0.15, 0.2) is 17.2 Å². The maximum atomic E-state index is 12.3. The predicted molar refractivity (Wildman–Crippen MR) is 118 cm³/mol. The number of carbonyl (C=O) groups is 1. The van der Waals surface area contributed by atoms with Gasteiger partial charge in [-0.1, -0.05) is 29.8 Å². The number of nitrogens with one attached hydrogen (secondary N) is 1. The second-order valence-corrected chi connectivity index (χ2v) is 8.64. The van der Waals surface area contributed by atoms with E-state index in [-0.39, 0.29) is 18.7 Å². The van der Waals surface area contributed by atoms with E-state index >= 15 is 0 Å². The summed E-state index contributed by atoms with van der Waals surface area (Å²) in [6, 6.07) is 12.8. The largest absolute Gasteiger partial charge is 0.454 e. The van der Waals surface area contributed by atoms with Crippen LogP contribution in [0.15, 0.2) is 47.1 Å². The fraction of sp³-hybridized carbons (Fsp3) is 0.360. The van der Waals surface area contributed by atoms with Crippen molar-refractivity contribution in [3.8, 4) is 11.5 Å². The van der Waals surface area contributed by atoms with Crippen molar-refractivity contribution in [2.24, 2.45) is 0 Å². The summed E-state index contributed by atoms with van der Waals surface area (Å²) < 4.78 is 16.6. The molecule has 0 radical (unpaired) electrons. The minimum Gasteiger partial charge on any atom is -0.454 e. The Bertz CT molecular complexity index is 1140. The molecule has 2 aromatic carbocycles. The van der Waals surface area contributed by atoms with Gasteiger partial charge in [0.2, 0.25) is 12.7 Å². The van der Waals surface area contributed by atoms with Crippen LogP contribution in [0.4, 0.5) is 0 Å². The highest BCUT2D eigenvalue weighted by molar-refractivity contribution is 5.92. The van der Waals surface area contributed by atoms with Gasteiger partial charge in [0.1, 0.15) is 6.26 Å². The van der Waals surface area contributed by atoms with Gasteiger partial charge < -0.3 is 19.2 Å². The first-order valence-corrected chi connectivity index (χ1v) is 11.0. The van der Waals surface area contributed by atoms with Crippen molar-refractivity contribution in [1.82, 2.24) is 15.2 Å². The third-order valence-electron chi connectivity index (χ3n) is 5.79. The van der Waals surface area contributed by atoms with Gasteiger partial charge in [0, 0.05) is 19.1 Å². The molecule has 0 spiro atoms. The molecule has 0 bridgehead atoms. The van der Waals surface area contributed by atoms with E-state index in [1.54, 1.807) is 0 Å². The van der Waals surface area contributed by atoms with Crippen molar-refractivity contribution < 1.29 is 18.7 Å². The maximum Gasteiger partial charge on any atom is 0.273 e. The Hall–Kier alpha value is -3.32. The van der Waals surface area contributed by atoms with Crippen LogP contribution < -0.4 is 14.8 Å². The van der Waals surface area contributed by atoms with E-state index in [0.717, 1.165) is 36.4 Å². The zero-order valence-electron chi connectivity index (χ0n) is 18.4. The Morgan fingerprint density at radius 3 is 2.72 bits per heavy atom. The van der Waals surface area contributed by atoms with Gasteiger partial charge in [-0.2, -0.15) is 0 Å². The number of fused-ring (bicyclic) bond motifs is 1. The van der Waals surface area contributed by atoms with E-state index in [1.165, 1.54) is 23.0 Å². The molecule has 1 aromatic heterocycles. The fourth-order valence-corrected chi connectivity index (χ4v) is 3.90. The molecule has 1 aliphatic carbocycles.